The smallest absolute Gasteiger partial charge is 0.339 e. The number of benzene rings is 2. The van der Waals surface area contributed by atoms with E-state index in [1.54, 1.807) is 15.6 Å². The van der Waals surface area contributed by atoms with Crippen LogP contribution < -0.4 is 0 Å². The number of rotatable bonds is 7. The highest BCUT2D eigenvalue weighted by atomic mass is 16.5. The molecule has 1 aliphatic heterocycles. The molecule has 2 atom stereocenters. The minimum Gasteiger partial charge on any atom is -0.478 e. The van der Waals surface area contributed by atoms with E-state index in [2.05, 4.69) is 51.6 Å². The van der Waals surface area contributed by atoms with E-state index in [0.29, 0.717) is 5.69 Å². The number of hydrogen-bond acceptors (Lipinski definition) is 6. The van der Waals surface area contributed by atoms with Gasteiger partial charge in [-0.15, -0.1) is 5.10 Å². The van der Waals surface area contributed by atoms with Crippen LogP contribution in [0, 0.1) is 0 Å². The number of carboxylic acid groups (broad SMARTS) is 1. The first-order valence-electron chi connectivity index (χ1n) is 12.2. The molecule has 1 aliphatic carbocycles. The molecule has 6 rings (SSSR count). The summed E-state index contributed by atoms with van der Waals surface area (Å²) in [5.74, 6) is -0.775. The van der Waals surface area contributed by atoms with Crippen LogP contribution in [0.3, 0.4) is 0 Å². The normalized spacial score (nSPS) is 19.9. The van der Waals surface area contributed by atoms with E-state index in [0.717, 1.165) is 61.8 Å². The van der Waals surface area contributed by atoms with Crippen molar-refractivity contribution in [2.45, 2.75) is 24.8 Å². The number of nitrogens with zero attached hydrogens (tertiary/aromatic N) is 6. The van der Waals surface area contributed by atoms with Crippen LogP contribution in [0.4, 0.5) is 0 Å². The summed E-state index contributed by atoms with van der Waals surface area (Å²) in [5.41, 5.74) is 6.01. The second kappa shape index (κ2) is 9.33. The van der Waals surface area contributed by atoms with Crippen LogP contribution in [0.1, 0.15) is 45.6 Å². The van der Waals surface area contributed by atoms with Gasteiger partial charge in [0.2, 0.25) is 0 Å². The van der Waals surface area contributed by atoms with Gasteiger partial charge in [-0.05, 0) is 41.3 Å². The number of aromatic carboxylic acids is 1. The SMILES string of the molecule is Cn1cc([C@@H]2C[C@H]2c2nn(-c3cccc(-c4cccc(CN5CCOCC5)c4)c3)cc2C(=O)O)nn1. The second-order valence-electron chi connectivity index (χ2n) is 9.58. The molecule has 36 heavy (non-hydrogen) atoms. The molecule has 9 nitrogen and oxygen atoms in total. The van der Waals surface area contributed by atoms with Crippen molar-refractivity contribution >= 4 is 5.97 Å². The van der Waals surface area contributed by atoms with Crippen LogP contribution in [0.25, 0.3) is 16.8 Å². The van der Waals surface area contributed by atoms with Crippen molar-refractivity contribution in [3.63, 3.8) is 0 Å². The molecule has 0 bridgehead atoms. The maximum atomic E-state index is 12.0. The Balaban J connectivity index is 1.26. The Morgan fingerprint density at radius 2 is 1.83 bits per heavy atom. The largest absolute Gasteiger partial charge is 0.478 e. The Morgan fingerprint density at radius 3 is 2.58 bits per heavy atom. The van der Waals surface area contributed by atoms with Gasteiger partial charge < -0.3 is 9.84 Å². The fourth-order valence-corrected chi connectivity index (χ4v) is 5.01. The van der Waals surface area contributed by atoms with Gasteiger partial charge in [0.05, 0.1) is 30.3 Å². The lowest BCUT2D eigenvalue weighted by atomic mass is 10.0. The van der Waals surface area contributed by atoms with E-state index in [1.807, 2.05) is 25.4 Å². The van der Waals surface area contributed by atoms with Crippen LogP contribution >= 0.6 is 0 Å². The molecular formula is C27H28N6O3. The molecule has 184 valence electrons. The molecule has 2 fully saturated rings. The van der Waals surface area contributed by atoms with Gasteiger partial charge in [-0.25, -0.2) is 9.48 Å². The maximum absolute atomic E-state index is 12.0. The molecule has 0 radical (unpaired) electrons. The molecule has 0 amide bonds. The lowest BCUT2D eigenvalue weighted by Gasteiger charge is -2.26. The van der Waals surface area contributed by atoms with E-state index in [9.17, 15) is 9.90 Å². The highest BCUT2D eigenvalue weighted by Gasteiger charge is 2.45. The highest BCUT2D eigenvalue weighted by molar-refractivity contribution is 5.89. The molecule has 2 aromatic carbocycles. The third-order valence-corrected chi connectivity index (χ3v) is 7.00. The number of carboxylic acids is 1. The number of carbonyl (C=O) groups is 1. The minimum atomic E-state index is -0.965. The van der Waals surface area contributed by atoms with Crippen LogP contribution in [0.2, 0.25) is 0 Å². The lowest BCUT2D eigenvalue weighted by molar-refractivity contribution is 0.0342. The molecule has 2 aromatic heterocycles. The molecule has 0 unspecified atom stereocenters. The number of aromatic nitrogens is 5. The van der Waals surface area contributed by atoms with E-state index in [4.69, 9.17) is 9.84 Å². The van der Waals surface area contributed by atoms with Crippen molar-refractivity contribution < 1.29 is 14.6 Å². The van der Waals surface area contributed by atoms with E-state index in [1.165, 1.54) is 5.56 Å². The first kappa shape index (κ1) is 22.6. The molecule has 1 N–H and O–H groups in total. The molecule has 3 heterocycles. The summed E-state index contributed by atoms with van der Waals surface area (Å²) in [5, 5.41) is 22.8. The number of ether oxygens (including phenoxy) is 1. The van der Waals surface area contributed by atoms with Crippen LogP contribution in [0.5, 0.6) is 0 Å². The summed E-state index contributed by atoms with van der Waals surface area (Å²) in [4.78, 5) is 14.4. The van der Waals surface area contributed by atoms with Gasteiger partial charge in [-0.3, -0.25) is 9.58 Å². The van der Waals surface area contributed by atoms with Crippen molar-refractivity contribution in [1.29, 1.82) is 0 Å². The molecule has 1 saturated heterocycles. The third kappa shape index (κ3) is 4.55. The monoisotopic (exact) mass is 484 g/mol. The fourth-order valence-electron chi connectivity index (χ4n) is 5.01. The number of aryl methyl sites for hydroxylation is 1. The van der Waals surface area contributed by atoms with Gasteiger partial charge in [0.25, 0.3) is 0 Å². The predicted molar refractivity (Wildman–Crippen MR) is 133 cm³/mol. The third-order valence-electron chi connectivity index (χ3n) is 7.00. The predicted octanol–water partition coefficient (Wildman–Crippen LogP) is 3.47. The summed E-state index contributed by atoms with van der Waals surface area (Å²) >= 11 is 0. The van der Waals surface area contributed by atoms with Gasteiger partial charge in [0, 0.05) is 50.9 Å². The standard InChI is InChI=1S/C27H28N6O3/c1-31-17-25(28-30-31)22-14-23(22)26-24(27(34)35)16-33(29-26)21-7-3-6-20(13-21)19-5-2-4-18(12-19)15-32-8-10-36-11-9-32/h2-7,12-13,16-17,22-23H,8-11,14-15H2,1H3,(H,34,35)/t22-,23-/m1/s1. The average Bonchev–Trinajstić information content (AvgIpc) is 3.35. The molecule has 2 aliphatic rings. The Hall–Kier alpha value is -3.82. The van der Waals surface area contributed by atoms with Gasteiger partial charge in [-0.2, -0.15) is 5.10 Å². The van der Waals surface area contributed by atoms with E-state index >= 15 is 0 Å². The van der Waals surface area contributed by atoms with Crippen molar-refractivity contribution in [3.05, 3.63) is 83.4 Å². The van der Waals surface area contributed by atoms with Crippen LogP contribution in [-0.2, 0) is 18.3 Å². The van der Waals surface area contributed by atoms with E-state index in [-0.39, 0.29) is 17.4 Å². The zero-order chi connectivity index (χ0) is 24.6. The lowest BCUT2D eigenvalue weighted by Crippen LogP contribution is -2.35. The Labute approximate surface area is 208 Å². The molecule has 0 spiro atoms. The summed E-state index contributed by atoms with van der Waals surface area (Å²) in [6, 6.07) is 16.7. The van der Waals surface area contributed by atoms with Crippen molar-refractivity contribution in [1.82, 2.24) is 29.7 Å². The molecule has 4 aromatic rings. The Kier molecular flexibility index (Phi) is 5.86. The minimum absolute atomic E-state index is 0.0362. The van der Waals surface area contributed by atoms with Crippen molar-refractivity contribution in [2.75, 3.05) is 26.3 Å². The highest BCUT2D eigenvalue weighted by Crippen LogP contribution is 2.54. The summed E-state index contributed by atoms with van der Waals surface area (Å²) in [7, 11) is 1.83. The zero-order valence-corrected chi connectivity index (χ0v) is 20.1. The zero-order valence-electron chi connectivity index (χ0n) is 20.1. The first-order valence-corrected chi connectivity index (χ1v) is 12.2. The summed E-state index contributed by atoms with van der Waals surface area (Å²) < 4.78 is 8.82. The van der Waals surface area contributed by atoms with Crippen molar-refractivity contribution in [3.8, 4) is 16.8 Å². The Morgan fingerprint density at radius 1 is 1.06 bits per heavy atom. The van der Waals surface area contributed by atoms with Crippen molar-refractivity contribution in [2.24, 2.45) is 7.05 Å². The topological polar surface area (TPSA) is 98.3 Å². The maximum Gasteiger partial charge on any atom is 0.339 e. The first-order chi connectivity index (χ1) is 17.5. The number of morpholine rings is 1. The second-order valence-corrected chi connectivity index (χ2v) is 9.58. The summed E-state index contributed by atoms with van der Waals surface area (Å²) in [6.07, 6.45) is 4.34. The van der Waals surface area contributed by atoms with E-state index < -0.39 is 5.97 Å². The molecule has 9 heteroatoms. The Bertz CT molecular complexity index is 1400. The fraction of sp³-hybridized carbons (Fsp3) is 0.333. The van der Waals surface area contributed by atoms with Gasteiger partial charge in [0.1, 0.15) is 5.56 Å². The van der Waals surface area contributed by atoms with Crippen LogP contribution in [0.15, 0.2) is 60.9 Å². The number of hydrogen-bond donors (Lipinski definition) is 1. The van der Waals surface area contributed by atoms with Gasteiger partial charge in [-0.1, -0.05) is 35.5 Å². The van der Waals surface area contributed by atoms with Gasteiger partial charge >= 0.3 is 5.97 Å². The average molecular weight is 485 g/mol. The van der Waals surface area contributed by atoms with Crippen LogP contribution in [-0.4, -0.2) is 67.1 Å². The molecular weight excluding hydrogens is 456 g/mol. The molecule has 1 saturated carbocycles. The quantitative estimate of drug-likeness (QED) is 0.429. The summed E-state index contributed by atoms with van der Waals surface area (Å²) in [6.45, 7) is 4.37. The van der Waals surface area contributed by atoms with Gasteiger partial charge in [0.15, 0.2) is 0 Å².